The van der Waals surface area contributed by atoms with Crippen molar-refractivity contribution in [1.29, 1.82) is 0 Å². The van der Waals surface area contributed by atoms with E-state index >= 15 is 0 Å². The largest absolute Gasteiger partial charge is 0.507 e. The van der Waals surface area contributed by atoms with E-state index in [0.717, 1.165) is 5.69 Å². The number of esters is 1. The summed E-state index contributed by atoms with van der Waals surface area (Å²) in [6.07, 6.45) is 0. The zero-order valence-electron chi connectivity index (χ0n) is 20.7. The Kier molecular flexibility index (Phi) is 7.22. The van der Waals surface area contributed by atoms with E-state index < -0.39 is 23.7 Å². The van der Waals surface area contributed by atoms with Crippen LogP contribution in [-0.2, 0) is 14.3 Å². The van der Waals surface area contributed by atoms with Crippen LogP contribution in [0.1, 0.15) is 27.5 Å². The lowest BCUT2D eigenvalue weighted by atomic mass is 9.94. The lowest BCUT2D eigenvalue weighted by Crippen LogP contribution is -2.29. The van der Waals surface area contributed by atoms with E-state index in [0.29, 0.717) is 17.0 Å². The molecule has 0 bridgehead atoms. The number of aliphatic hydroxyl groups is 1. The number of anilines is 2. The zero-order valence-corrected chi connectivity index (χ0v) is 21.4. The predicted octanol–water partition coefficient (Wildman–Crippen LogP) is 4.83. The summed E-state index contributed by atoms with van der Waals surface area (Å²) in [5.74, 6) is -2.28. The van der Waals surface area contributed by atoms with Gasteiger partial charge in [-0.15, -0.1) is 0 Å². The molecule has 1 amide bonds. The lowest BCUT2D eigenvalue weighted by Gasteiger charge is -2.26. The fourth-order valence-corrected chi connectivity index (χ4v) is 4.50. The first-order chi connectivity index (χ1) is 17.7. The van der Waals surface area contributed by atoms with Gasteiger partial charge in [-0.1, -0.05) is 29.8 Å². The van der Waals surface area contributed by atoms with Gasteiger partial charge in [0.2, 0.25) is 0 Å². The van der Waals surface area contributed by atoms with Crippen molar-refractivity contribution in [2.75, 3.05) is 38.1 Å². The van der Waals surface area contributed by atoms with Crippen LogP contribution in [0, 0.1) is 0 Å². The summed E-state index contributed by atoms with van der Waals surface area (Å²) in [4.78, 5) is 42.1. The Morgan fingerprint density at radius 3 is 2.27 bits per heavy atom. The number of aliphatic hydroxyl groups excluding tert-OH is 1. The molecule has 0 aliphatic carbocycles. The molecule has 1 fully saturated rings. The van der Waals surface area contributed by atoms with Gasteiger partial charge in [-0.05, 0) is 54.1 Å². The summed E-state index contributed by atoms with van der Waals surface area (Å²) in [5, 5.41) is 11.5. The molecule has 1 aliphatic heterocycles. The van der Waals surface area contributed by atoms with Gasteiger partial charge in [-0.2, -0.15) is 0 Å². The number of carbonyl (C=O) groups excluding carboxylic acids is 3. The first-order valence-electron chi connectivity index (χ1n) is 11.3. The van der Waals surface area contributed by atoms with Gasteiger partial charge in [0.05, 0.1) is 36.4 Å². The van der Waals surface area contributed by atoms with Crippen molar-refractivity contribution in [3.05, 3.63) is 94.0 Å². The van der Waals surface area contributed by atoms with Crippen molar-refractivity contribution in [3.8, 4) is 5.75 Å². The summed E-state index contributed by atoms with van der Waals surface area (Å²) in [6, 6.07) is 17.1. The maximum Gasteiger partial charge on any atom is 0.337 e. The number of rotatable bonds is 6. The molecule has 0 radical (unpaired) electrons. The second-order valence-corrected chi connectivity index (χ2v) is 8.95. The van der Waals surface area contributed by atoms with Crippen molar-refractivity contribution in [1.82, 2.24) is 0 Å². The normalized spacial score (nSPS) is 16.6. The first kappa shape index (κ1) is 25.8. The summed E-state index contributed by atoms with van der Waals surface area (Å²) < 4.78 is 9.99. The highest BCUT2D eigenvalue weighted by atomic mass is 35.5. The summed E-state index contributed by atoms with van der Waals surface area (Å²) >= 11 is 6.26. The second kappa shape index (κ2) is 10.4. The third kappa shape index (κ3) is 4.75. The smallest absolute Gasteiger partial charge is 0.337 e. The van der Waals surface area contributed by atoms with Crippen molar-refractivity contribution in [2.45, 2.75) is 6.04 Å². The molecule has 1 aliphatic rings. The highest BCUT2D eigenvalue weighted by Gasteiger charge is 2.47. The van der Waals surface area contributed by atoms with Crippen LogP contribution >= 0.6 is 11.6 Å². The second-order valence-electron chi connectivity index (χ2n) is 8.55. The van der Waals surface area contributed by atoms with Gasteiger partial charge in [-0.3, -0.25) is 14.5 Å². The van der Waals surface area contributed by atoms with Crippen molar-refractivity contribution < 1.29 is 29.0 Å². The maximum atomic E-state index is 13.4. The minimum absolute atomic E-state index is 0.104. The van der Waals surface area contributed by atoms with Crippen LogP contribution in [0.5, 0.6) is 5.75 Å². The van der Waals surface area contributed by atoms with Crippen LogP contribution in [0.15, 0.2) is 72.3 Å². The number of hydrogen-bond donors (Lipinski definition) is 1. The number of halogens is 1. The van der Waals surface area contributed by atoms with E-state index in [1.165, 1.54) is 31.3 Å². The number of carbonyl (C=O) groups is 3. The van der Waals surface area contributed by atoms with E-state index in [1.54, 1.807) is 42.5 Å². The molecule has 1 heterocycles. The Hall–Kier alpha value is -4.30. The van der Waals surface area contributed by atoms with Gasteiger partial charge in [0, 0.05) is 31.0 Å². The minimum atomic E-state index is -0.968. The van der Waals surface area contributed by atoms with Crippen LogP contribution in [0.2, 0.25) is 5.02 Å². The Bertz CT molecular complexity index is 1410. The monoisotopic (exact) mass is 520 g/mol. The Balaban J connectivity index is 1.93. The molecular formula is C28H25ClN2O6. The molecule has 1 saturated heterocycles. The fraction of sp³-hybridized carbons (Fsp3) is 0.179. The molecule has 190 valence electrons. The van der Waals surface area contributed by atoms with Gasteiger partial charge < -0.3 is 19.5 Å². The molecule has 9 heteroatoms. The number of ketones is 1. The van der Waals surface area contributed by atoms with Crippen LogP contribution in [-0.4, -0.2) is 51.1 Å². The first-order valence-corrected chi connectivity index (χ1v) is 11.7. The number of nitrogens with zero attached hydrogens (tertiary/aromatic N) is 2. The summed E-state index contributed by atoms with van der Waals surface area (Å²) in [5.41, 5.74) is 2.17. The van der Waals surface area contributed by atoms with Crippen molar-refractivity contribution in [2.24, 2.45) is 0 Å². The predicted molar refractivity (Wildman–Crippen MR) is 141 cm³/mol. The third-order valence-electron chi connectivity index (χ3n) is 6.14. The van der Waals surface area contributed by atoms with Crippen LogP contribution < -0.4 is 14.5 Å². The van der Waals surface area contributed by atoms with Crippen LogP contribution in [0.3, 0.4) is 0 Å². The molecular weight excluding hydrogens is 496 g/mol. The highest BCUT2D eigenvalue weighted by Crippen LogP contribution is 2.43. The van der Waals surface area contributed by atoms with Gasteiger partial charge in [0.15, 0.2) is 0 Å². The number of methoxy groups -OCH3 is 2. The fourth-order valence-electron chi connectivity index (χ4n) is 4.24. The third-order valence-corrected chi connectivity index (χ3v) is 6.44. The minimum Gasteiger partial charge on any atom is -0.507 e. The molecule has 0 spiro atoms. The standard InChI is InChI=1S/C28H25ClN2O6/c1-30(2)19-11-8-16(9-12-19)24-23(25(32)17-10-13-22(36-3)21(29)15-17)26(33)27(34)31(24)20-7-5-6-18(14-20)28(35)37-4/h5-15,24,32H,1-4H3/b25-23+. The van der Waals surface area contributed by atoms with Crippen molar-refractivity contribution >= 4 is 46.4 Å². The van der Waals surface area contributed by atoms with E-state index in [-0.39, 0.29) is 27.5 Å². The number of hydrogen-bond acceptors (Lipinski definition) is 7. The lowest BCUT2D eigenvalue weighted by molar-refractivity contribution is -0.132. The van der Waals surface area contributed by atoms with Crippen LogP contribution in [0.4, 0.5) is 11.4 Å². The zero-order chi connectivity index (χ0) is 26.9. The Morgan fingerprint density at radius 2 is 1.68 bits per heavy atom. The molecule has 0 saturated carbocycles. The van der Waals surface area contributed by atoms with E-state index in [1.807, 2.05) is 31.1 Å². The Labute approximate surface area is 219 Å². The quantitative estimate of drug-likeness (QED) is 0.215. The van der Waals surface area contributed by atoms with Gasteiger partial charge in [0.25, 0.3) is 11.7 Å². The Morgan fingerprint density at radius 1 is 0.973 bits per heavy atom. The van der Waals surface area contributed by atoms with E-state index in [9.17, 15) is 19.5 Å². The maximum absolute atomic E-state index is 13.4. The average molecular weight is 521 g/mol. The topological polar surface area (TPSA) is 96.4 Å². The molecule has 8 nitrogen and oxygen atoms in total. The molecule has 0 aromatic heterocycles. The van der Waals surface area contributed by atoms with E-state index in [2.05, 4.69) is 0 Å². The summed E-state index contributed by atoms with van der Waals surface area (Å²) in [7, 11) is 6.51. The van der Waals surface area contributed by atoms with Gasteiger partial charge in [0.1, 0.15) is 11.5 Å². The molecule has 1 atom stereocenters. The molecule has 3 aromatic carbocycles. The molecule has 3 aromatic rings. The highest BCUT2D eigenvalue weighted by molar-refractivity contribution is 6.51. The summed E-state index contributed by atoms with van der Waals surface area (Å²) in [6.45, 7) is 0. The SMILES string of the molecule is COC(=O)c1cccc(N2C(=O)C(=O)/C(=C(/O)c3ccc(OC)c(Cl)c3)C2c2ccc(N(C)C)cc2)c1. The van der Waals surface area contributed by atoms with Gasteiger partial charge in [-0.25, -0.2) is 4.79 Å². The molecule has 1 unspecified atom stereocenters. The van der Waals surface area contributed by atoms with Crippen molar-refractivity contribution in [3.63, 3.8) is 0 Å². The number of ether oxygens (including phenoxy) is 2. The average Bonchev–Trinajstić information content (AvgIpc) is 3.17. The van der Waals surface area contributed by atoms with Crippen LogP contribution in [0.25, 0.3) is 5.76 Å². The molecule has 4 rings (SSSR count). The van der Waals surface area contributed by atoms with Gasteiger partial charge >= 0.3 is 5.97 Å². The molecule has 1 N–H and O–H groups in total. The van der Waals surface area contributed by atoms with E-state index in [4.69, 9.17) is 21.1 Å². The number of amides is 1. The molecule has 37 heavy (non-hydrogen) atoms. The number of Topliss-reactive ketones (excluding diaryl/α,β-unsaturated/α-hetero) is 1. The number of benzene rings is 3.